The number of nitrogens with zero attached hydrogens (tertiary/aromatic N) is 2. The van der Waals surface area contributed by atoms with E-state index in [0.29, 0.717) is 5.69 Å². The molecule has 1 fully saturated rings. The van der Waals surface area contributed by atoms with Crippen molar-refractivity contribution in [1.82, 2.24) is 0 Å². The number of nitro benzene ring substituents is 1. The Morgan fingerprint density at radius 2 is 2.16 bits per heavy atom. The standard InChI is InChI=1S/C13H16N2O4/c1-13(2)5-6-14(8-13)10-4-3-9(12(16)17)7-11(10)15(18)19/h3-4,7H,5-6,8H2,1-2H3,(H,16,17). The van der Waals surface area contributed by atoms with Crippen LogP contribution in [0.15, 0.2) is 18.2 Å². The fourth-order valence-electron chi connectivity index (χ4n) is 2.39. The summed E-state index contributed by atoms with van der Waals surface area (Å²) in [6.07, 6.45) is 0.963. The zero-order chi connectivity index (χ0) is 14.2. The Morgan fingerprint density at radius 1 is 1.47 bits per heavy atom. The van der Waals surface area contributed by atoms with Gasteiger partial charge in [-0.1, -0.05) is 13.8 Å². The van der Waals surface area contributed by atoms with Crippen LogP contribution in [0.3, 0.4) is 0 Å². The fraction of sp³-hybridized carbons (Fsp3) is 0.462. The van der Waals surface area contributed by atoms with E-state index in [1.54, 1.807) is 0 Å². The van der Waals surface area contributed by atoms with E-state index < -0.39 is 10.9 Å². The highest BCUT2D eigenvalue weighted by Gasteiger charge is 2.32. The maximum absolute atomic E-state index is 11.1. The summed E-state index contributed by atoms with van der Waals surface area (Å²) in [5.74, 6) is -1.16. The molecule has 1 heterocycles. The molecule has 1 saturated heterocycles. The van der Waals surface area contributed by atoms with E-state index in [0.717, 1.165) is 25.6 Å². The Kier molecular flexibility index (Phi) is 3.18. The van der Waals surface area contributed by atoms with Crippen molar-refractivity contribution in [2.24, 2.45) is 5.41 Å². The first-order chi connectivity index (χ1) is 8.80. The summed E-state index contributed by atoms with van der Waals surface area (Å²) in [5.41, 5.74) is 0.423. The van der Waals surface area contributed by atoms with Gasteiger partial charge in [-0.3, -0.25) is 10.1 Å². The lowest BCUT2D eigenvalue weighted by molar-refractivity contribution is -0.384. The van der Waals surface area contributed by atoms with Crippen molar-refractivity contribution >= 4 is 17.3 Å². The SMILES string of the molecule is CC1(C)CCN(c2ccc(C(=O)O)cc2[N+](=O)[O-])C1. The van der Waals surface area contributed by atoms with Crippen molar-refractivity contribution in [1.29, 1.82) is 0 Å². The Bertz CT molecular complexity index is 539. The molecule has 2 rings (SSSR count). The van der Waals surface area contributed by atoms with E-state index in [1.165, 1.54) is 12.1 Å². The van der Waals surface area contributed by atoms with E-state index in [1.807, 2.05) is 4.90 Å². The van der Waals surface area contributed by atoms with Gasteiger partial charge in [0.15, 0.2) is 0 Å². The predicted octanol–water partition coefficient (Wildman–Crippen LogP) is 2.53. The largest absolute Gasteiger partial charge is 0.478 e. The van der Waals surface area contributed by atoms with Gasteiger partial charge < -0.3 is 10.0 Å². The molecule has 1 aromatic rings. The minimum absolute atomic E-state index is 0.0612. The molecule has 6 heteroatoms. The van der Waals surface area contributed by atoms with Crippen LogP contribution in [-0.2, 0) is 0 Å². The first-order valence-electron chi connectivity index (χ1n) is 6.07. The first-order valence-corrected chi connectivity index (χ1v) is 6.07. The van der Waals surface area contributed by atoms with E-state index in [2.05, 4.69) is 13.8 Å². The molecule has 1 aromatic carbocycles. The molecule has 0 spiro atoms. The van der Waals surface area contributed by atoms with Crippen LogP contribution in [0.25, 0.3) is 0 Å². The number of rotatable bonds is 3. The van der Waals surface area contributed by atoms with Gasteiger partial charge >= 0.3 is 5.97 Å². The third kappa shape index (κ3) is 2.67. The highest BCUT2D eigenvalue weighted by atomic mass is 16.6. The number of aromatic carboxylic acids is 1. The second-order valence-corrected chi connectivity index (χ2v) is 5.60. The van der Waals surface area contributed by atoms with Crippen LogP contribution < -0.4 is 4.90 Å². The quantitative estimate of drug-likeness (QED) is 0.670. The number of nitro groups is 1. The van der Waals surface area contributed by atoms with Crippen molar-refractivity contribution < 1.29 is 14.8 Å². The molecule has 0 amide bonds. The average molecular weight is 264 g/mol. The van der Waals surface area contributed by atoms with E-state index in [4.69, 9.17) is 5.11 Å². The third-order valence-corrected chi connectivity index (χ3v) is 3.44. The lowest BCUT2D eigenvalue weighted by atomic mass is 9.93. The number of hydrogen-bond acceptors (Lipinski definition) is 4. The lowest BCUT2D eigenvalue weighted by Crippen LogP contribution is -2.23. The molecule has 1 aliphatic rings. The summed E-state index contributed by atoms with van der Waals surface area (Å²) in [5, 5.41) is 20.0. The smallest absolute Gasteiger partial charge is 0.335 e. The van der Waals surface area contributed by atoms with Crippen LogP contribution in [0.2, 0.25) is 0 Å². The molecular weight excluding hydrogens is 248 g/mol. The molecule has 102 valence electrons. The highest BCUT2D eigenvalue weighted by molar-refractivity contribution is 5.89. The van der Waals surface area contributed by atoms with Crippen molar-refractivity contribution in [3.05, 3.63) is 33.9 Å². The number of benzene rings is 1. The van der Waals surface area contributed by atoms with Gasteiger partial charge in [0.05, 0.1) is 10.5 Å². The normalized spacial score (nSPS) is 17.5. The topological polar surface area (TPSA) is 83.7 Å². The van der Waals surface area contributed by atoms with E-state index in [9.17, 15) is 14.9 Å². The lowest BCUT2D eigenvalue weighted by Gasteiger charge is -2.21. The summed E-state index contributed by atoms with van der Waals surface area (Å²) >= 11 is 0. The van der Waals surface area contributed by atoms with Gasteiger partial charge in [-0.2, -0.15) is 0 Å². The number of carboxylic acid groups (broad SMARTS) is 1. The highest BCUT2D eigenvalue weighted by Crippen LogP contribution is 2.37. The molecule has 0 atom stereocenters. The molecule has 0 aromatic heterocycles. The molecule has 0 saturated carbocycles. The van der Waals surface area contributed by atoms with Crippen LogP contribution in [0.4, 0.5) is 11.4 Å². The molecule has 0 bridgehead atoms. The maximum Gasteiger partial charge on any atom is 0.335 e. The summed E-state index contributed by atoms with van der Waals surface area (Å²) in [6.45, 7) is 5.72. The van der Waals surface area contributed by atoms with Gasteiger partial charge in [-0.15, -0.1) is 0 Å². The van der Waals surface area contributed by atoms with Gasteiger partial charge in [-0.05, 0) is 24.0 Å². The summed E-state index contributed by atoms with van der Waals surface area (Å²) in [6, 6.07) is 4.07. The number of carbonyl (C=O) groups is 1. The summed E-state index contributed by atoms with van der Waals surface area (Å²) in [7, 11) is 0. The molecule has 0 unspecified atom stereocenters. The van der Waals surface area contributed by atoms with Crippen LogP contribution in [-0.4, -0.2) is 29.1 Å². The molecule has 1 aliphatic heterocycles. The van der Waals surface area contributed by atoms with Crippen LogP contribution in [0, 0.1) is 15.5 Å². The van der Waals surface area contributed by atoms with Gasteiger partial charge in [0.25, 0.3) is 5.69 Å². The number of carboxylic acids is 1. The molecule has 1 N–H and O–H groups in total. The second-order valence-electron chi connectivity index (χ2n) is 5.60. The minimum Gasteiger partial charge on any atom is -0.478 e. The zero-order valence-corrected chi connectivity index (χ0v) is 10.9. The number of anilines is 1. The Balaban J connectivity index is 2.41. The Morgan fingerprint density at radius 3 is 2.63 bits per heavy atom. The van der Waals surface area contributed by atoms with Crippen molar-refractivity contribution in [2.45, 2.75) is 20.3 Å². The van der Waals surface area contributed by atoms with Gasteiger partial charge in [-0.25, -0.2) is 4.79 Å². The fourth-order valence-corrected chi connectivity index (χ4v) is 2.39. The van der Waals surface area contributed by atoms with Crippen LogP contribution >= 0.6 is 0 Å². The van der Waals surface area contributed by atoms with Gasteiger partial charge in [0.1, 0.15) is 5.69 Å². The van der Waals surface area contributed by atoms with E-state index in [-0.39, 0.29) is 16.7 Å². The third-order valence-electron chi connectivity index (χ3n) is 3.44. The van der Waals surface area contributed by atoms with Crippen molar-refractivity contribution in [3.8, 4) is 0 Å². The molecule has 0 aliphatic carbocycles. The molecule has 19 heavy (non-hydrogen) atoms. The van der Waals surface area contributed by atoms with Gasteiger partial charge in [0.2, 0.25) is 0 Å². The van der Waals surface area contributed by atoms with Crippen molar-refractivity contribution in [2.75, 3.05) is 18.0 Å². The number of hydrogen-bond donors (Lipinski definition) is 1. The molecular formula is C13H16N2O4. The first kappa shape index (κ1) is 13.3. The van der Waals surface area contributed by atoms with Crippen LogP contribution in [0.5, 0.6) is 0 Å². The maximum atomic E-state index is 11.1. The molecule has 6 nitrogen and oxygen atoms in total. The predicted molar refractivity (Wildman–Crippen MR) is 70.7 cm³/mol. The van der Waals surface area contributed by atoms with Gasteiger partial charge in [0, 0.05) is 19.2 Å². The monoisotopic (exact) mass is 264 g/mol. The second kappa shape index (κ2) is 4.53. The summed E-state index contributed by atoms with van der Waals surface area (Å²) < 4.78 is 0. The molecule has 0 radical (unpaired) electrons. The zero-order valence-electron chi connectivity index (χ0n) is 10.9. The summed E-state index contributed by atoms with van der Waals surface area (Å²) in [4.78, 5) is 23.4. The average Bonchev–Trinajstić information content (AvgIpc) is 2.68. The Hall–Kier alpha value is -2.11. The van der Waals surface area contributed by atoms with Crippen molar-refractivity contribution in [3.63, 3.8) is 0 Å². The minimum atomic E-state index is -1.16. The van der Waals surface area contributed by atoms with Crippen LogP contribution in [0.1, 0.15) is 30.6 Å². The van der Waals surface area contributed by atoms with E-state index >= 15 is 0 Å². The Labute approximate surface area is 110 Å².